The van der Waals surface area contributed by atoms with E-state index in [0.717, 1.165) is 38.5 Å². The molecule has 1 atom stereocenters. The molecule has 0 saturated carbocycles. The quantitative estimate of drug-likeness (QED) is 0.849. The summed E-state index contributed by atoms with van der Waals surface area (Å²) in [6.45, 7) is 11.3. The second-order valence-corrected chi connectivity index (χ2v) is 5.93. The van der Waals surface area contributed by atoms with E-state index in [-0.39, 0.29) is 11.7 Å². The number of nitrogens with zero attached hydrogens (tertiary/aromatic N) is 3. The molecule has 1 aliphatic heterocycles. The van der Waals surface area contributed by atoms with E-state index < -0.39 is 0 Å². The van der Waals surface area contributed by atoms with Gasteiger partial charge in [0.2, 0.25) is 0 Å². The molecule has 6 heteroatoms. The first-order valence-corrected chi connectivity index (χ1v) is 7.73. The smallest absolute Gasteiger partial charge is 0.268 e. The van der Waals surface area contributed by atoms with Gasteiger partial charge in [0, 0.05) is 25.7 Å². The van der Waals surface area contributed by atoms with Crippen molar-refractivity contribution >= 4 is 5.69 Å². The molecule has 1 saturated heterocycles. The van der Waals surface area contributed by atoms with Crippen LogP contribution in [0, 0.1) is 5.92 Å². The van der Waals surface area contributed by atoms with Crippen LogP contribution in [0.15, 0.2) is 17.1 Å². The molecule has 6 nitrogen and oxygen atoms in total. The number of aromatic nitrogens is 2. The summed E-state index contributed by atoms with van der Waals surface area (Å²) in [6.07, 6.45) is 1.75. The second-order valence-electron chi connectivity index (χ2n) is 5.93. The number of nitrogens with one attached hydrogen (secondary N) is 1. The molecule has 2 rings (SSSR count). The molecule has 0 amide bonds. The summed E-state index contributed by atoms with van der Waals surface area (Å²) in [5.74, 6) is 0.531. The third kappa shape index (κ3) is 4.82. The molecule has 1 N–H and O–H groups in total. The van der Waals surface area contributed by atoms with Crippen LogP contribution in [0.5, 0.6) is 0 Å². The molecule has 0 aliphatic carbocycles. The summed E-state index contributed by atoms with van der Waals surface area (Å²) in [5, 5.41) is 7.46. The van der Waals surface area contributed by atoms with Gasteiger partial charge in [-0.3, -0.25) is 9.69 Å². The van der Waals surface area contributed by atoms with E-state index in [1.807, 2.05) is 0 Å². The number of ether oxygens (including phenoxy) is 1. The van der Waals surface area contributed by atoms with Gasteiger partial charge >= 0.3 is 0 Å². The van der Waals surface area contributed by atoms with Crippen molar-refractivity contribution in [3.63, 3.8) is 0 Å². The predicted molar refractivity (Wildman–Crippen MR) is 83.7 cm³/mol. The Morgan fingerprint density at radius 1 is 1.52 bits per heavy atom. The zero-order valence-corrected chi connectivity index (χ0v) is 13.2. The third-order valence-electron chi connectivity index (χ3n) is 3.63. The van der Waals surface area contributed by atoms with Crippen LogP contribution < -0.4 is 10.9 Å². The third-order valence-corrected chi connectivity index (χ3v) is 3.63. The van der Waals surface area contributed by atoms with Gasteiger partial charge in [-0.05, 0) is 12.5 Å². The number of hydrogen-bond donors (Lipinski definition) is 1. The number of likely N-dealkylation sites (N-methyl/N-ethyl adjacent to an activating group) is 1. The lowest BCUT2D eigenvalue weighted by Gasteiger charge is -2.31. The lowest BCUT2D eigenvalue weighted by atomic mass is 10.2. The van der Waals surface area contributed by atoms with Crippen LogP contribution in [0.25, 0.3) is 0 Å². The summed E-state index contributed by atoms with van der Waals surface area (Å²) in [5.41, 5.74) is 0.700. The first-order chi connectivity index (χ1) is 10.1. The van der Waals surface area contributed by atoms with Crippen molar-refractivity contribution < 1.29 is 4.74 Å². The highest BCUT2D eigenvalue weighted by molar-refractivity contribution is 5.38. The molecule has 1 aliphatic rings. The standard InChI is InChI=1S/C15H26N4O2/c1-4-18-5-6-21-14(10-18)11-19-15(20)7-13(9-17-19)16-8-12(2)3/h7,9,12,14,16H,4-6,8,10-11H2,1-3H3. The van der Waals surface area contributed by atoms with Crippen LogP contribution in [0.1, 0.15) is 20.8 Å². The molecule has 1 fully saturated rings. The van der Waals surface area contributed by atoms with Crippen LogP contribution in [-0.4, -0.2) is 53.6 Å². The average Bonchev–Trinajstić information content (AvgIpc) is 2.48. The highest BCUT2D eigenvalue weighted by Crippen LogP contribution is 2.07. The summed E-state index contributed by atoms with van der Waals surface area (Å²) in [4.78, 5) is 14.4. The number of morpholine rings is 1. The van der Waals surface area contributed by atoms with E-state index in [0.29, 0.717) is 12.5 Å². The van der Waals surface area contributed by atoms with E-state index in [1.165, 1.54) is 4.68 Å². The predicted octanol–water partition coefficient (Wildman–Crippen LogP) is 1.03. The van der Waals surface area contributed by atoms with Crippen molar-refractivity contribution in [3.8, 4) is 0 Å². The topological polar surface area (TPSA) is 59.4 Å². The number of anilines is 1. The second kappa shape index (κ2) is 7.56. The minimum atomic E-state index is -0.0824. The van der Waals surface area contributed by atoms with E-state index in [1.54, 1.807) is 12.3 Å². The molecule has 0 radical (unpaired) electrons. The largest absolute Gasteiger partial charge is 0.383 e. The summed E-state index contributed by atoms with van der Waals surface area (Å²) in [6, 6.07) is 1.61. The van der Waals surface area contributed by atoms with Crippen molar-refractivity contribution in [1.29, 1.82) is 0 Å². The maximum absolute atomic E-state index is 12.1. The van der Waals surface area contributed by atoms with Gasteiger partial charge in [0.25, 0.3) is 5.56 Å². The van der Waals surface area contributed by atoms with Crippen molar-refractivity contribution in [2.45, 2.75) is 33.4 Å². The first-order valence-electron chi connectivity index (χ1n) is 7.73. The zero-order valence-electron chi connectivity index (χ0n) is 13.2. The monoisotopic (exact) mass is 294 g/mol. The Bertz CT molecular complexity index is 501. The van der Waals surface area contributed by atoms with Crippen molar-refractivity contribution in [2.24, 2.45) is 5.92 Å². The Balaban J connectivity index is 1.96. The Labute approximate surface area is 126 Å². The molecule has 0 bridgehead atoms. The Morgan fingerprint density at radius 2 is 2.33 bits per heavy atom. The molecule has 0 spiro atoms. The van der Waals surface area contributed by atoms with Crippen LogP contribution >= 0.6 is 0 Å². The maximum atomic E-state index is 12.1. The van der Waals surface area contributed by atoms with Crippen LogP contribution in [-0.2, 0) is 11.3 Å². The Hall–Kier alpha value is -1.40. The molecule has 0 aromatic carbocycles. The summed E-state index contributed by atoms with van der Waals surface area (Å²) in [7, 11) is 0. The molecular weight excluding hydrogens is 268 g/mol. The normalized spacial score (nSPS) is 19.9. The molecule has 2 heterocycles. The maximum Gasteiger partial charge on any atom is 0.268 e. The lowest BCUT2D eigenvalue weighted by molar-refractivity contribution is -0.0364. The van der Waals surface area contributed by atoms with E-state index in [4.69, 9.17) is 4.74 Å². The molecule has 1 aromatic rings. The zero-order chi connectivity index (χ0) is 15.2. The summed E-state index contributed by atoms with van der Waals surface area (Å²) < 4.78 is 7.21. The first kappa shape index (κ1) is 16.0. The van der Waals surface area contributed by atoms with Crippen molar-refractivity contribution in [1.82, 2.24) is 14.7 Å². The molecular formula is C15H26N4O2. The van der Waals surface area contributed by atoms with Crippen molar-refractivity contribution in [3.05, 3.63) is 22.6 Å². The lowest BCUT2D eigenvalue weighted by Crippen LogP contribution is -2.45. The molecule has 1 aromatic heterocycles. The highest BCUT2D eigenvalue weighted by Gasteiger charge is 2.20. The van der Waals surface area contributed by atoms with Gasteiger partial charge in [-0.1, -0.05) is 20.8 Å². The minimum absolute atomic E-state index is 0.0402. The van der Waals surface area contributed by atoms with Gasteiger partial charge in [0.15, 0.2) is 0 Å². The van der Waals surface area contributed by atoms with Gasteiger partial charge < -0.3 is 10.1 Å². The fourth-order valence-corrected chi connectivity index (χ4v) is 2.36. The minimum Gasteiger partial charge on any atom is -0.383 e. The SMILES string of the molecule is CCN1CCOC(Cn2ncc(NCC(C)C)cc2=O)C1. The fraction of sp³-hybridized carbons (Fsp3) is 0.733. The number of hydrogen-bond acceptors (Lipinski definition) is 5. The van der Waals surface area contributed by atoms with Crippen molar-refractivity contribution in [2.75, 3.05) is 38.1 Å². The summed E-state index contributed by atoms with van der Waals surface area (Å²) >= 11 is 0. The van der Waals surface area contributed by atoms with Crippen LogP contribution in [0.2, 0.25) is 0 Å². The van der Waals surface area contributed by atoms with Gasteiger partial charge in [0.05, 0.1) is 31.1 Å². The van der Waals surface area contributed by atoms with Crippen LogP contribution in [0.3, 0.4) is 0 Å². The fourth-order valence-electron chi connectivity index (χ4n) is 2.36. The Morgan fingerprint density at radius 3 is 3.00 bits per heavy atom. The van der Waals surface area contributed by atoms with E-state index >= 15 is 0 Å². The molecule has 118 valence electrons. The molecule has 21 heavy (non-hydrogen) atoms. The van der Waals surface area contributed by atoms with Gasteiger partial charge in [-0.15, -0.1) is 0 Å². The van der Waals surface area contributed by atoms with Gasteiger partial charge in [0.1, 0.15) is 0 Å². The van der Waals surface area contributed by atoms with Crippen LogP contribution in [0.4, 0.5) is 5.69 Å². The average molecular weight is 294 g/mol. The van der Waals surface area contributed by atoms with E-state index in [2.05, 4.69) is 36.1 Å². The molecule has 1 unspecified atom stereocenters. The van der Waals surface area contributed by atoms with E-state index in [9.17, 15) is 4.79 Å². The number of rotatable bonds is 6. The Kier molecular flexibility index (Phi) is 5.76. The highest BCUT2D eigenvalue weighted by atomic mass is 16.5. The van der Waals surface area contributed by atoms with Gasteiger partial charge in [-0.2, -0.15) is 5.10 Å². The van der Waals surface area contributed by atoms with Gasteiger partial charge in [-0.25, -0.2) is 4.68 Å².